The first-order valence-corrected chi connectivity index (χ1v) is 7.19. The lowest BCUT2D eigenvalue weighted by atomic mass is 10.0. The number of rotatable bonds is 4. The zero-order valence-corrected chi connectivity index (χ0v) is 10.6. The maximum absolute atomic E-state index is 11.5. The Labute approximate surface area is 96.7 Å². The lowest BCUT2D eigenvalue weighted by molar-refractivity contribution is -0.121. The van der Waals surface area contributed by atoms with E-state index in [0.29, 0.717) is 12.8 Å². The monoisotopic (exact) mass is 248 g/mol. The summed E-state index contributed by atoms with van der Waals surface area (Å²) in [6.07, 6.45) is 1.56. The smallest absolute Gasteiger partial charge is 0.221 e. The van der Waals surface area contributed by atoms with Crippen molar-refractivity contribution < 1.29 is 13.2 Å². The van der Waals surface area contributed by atoms with Crippen LogP contribution in [-0.2, 0) is 14.6 Å². The number of amides is 1. The van der Waals surface area contributed by atoms with Gasteiger partial charge >= 0.3 is 0 Å². The van der Waals surface area contributed by atoms with E-state index in [-0.39, 0.29) is 24.6 Å². The molecule has 0 bridgehead atoms. The normalized spacial score (nSPS) is 24.3. The van der Waals surface area contributed by atoms with E-state index in [4.69, 9.17) is 5.73 Å². The molecule has 3 N–H and O–H groups in total. The van der Waals surface area contributed by atoms with E-state index in [1.54, 1.807) is 13.8 Å². The molecule has 0 aromatic carbocycles. The number of hydrogen-bond acceptors (Lipinski definition) is 4. The van der Waals surface area contributed by atoms with Gasteiger partial charge in [0.05, 0.1) is 11.0 Å². The summed E-state index contributed by atoms with van der Waals surface area (Å²) in [5, 5.41) is 2.23. The van der Waals surface area contributed by atoms with Crippen LogP contribution in [0.3, 0.4) is 0 Å². The van der Waals surface area contributed by atoms with Crippen LogP contribution in [0.4, 0.5) is 0 Å². The third-order valence-corrected chi connectivity index (χ3v) is 4.88. The van der Waals surface area contributed by atoms with Crippen LogP contribution < -0.4 is 11.1 Å². The molecule has 1 rings (SSSR count). The topological polar surface area (TPSA) is 89.3 Å². The molecule has 0 saturated carbocycles. The third-order valence-electron chi connectivity index (χ3n) is 2.61. The second kappa shape index (κ2) is 4.71. The third kappa shape index (κ3) is 4.09. The fourth-order valence-electron chi connectivity index (χ4n) is 1.79. The Bertz CT molecular complexity index is 357. The van der Waals surface area contributed by atoms with Gasteiger partial charge in [-0.05, 0) is 26.7 Å². The van der Waals surface area contributed by atoms with Crippen molar-refractivity contribution in [3.8, 4) is 0 Å². The molecule has 0 aromatic rings. The summed E-state index contributed by atoms with van der Waals surface area (Å²) in [5.41, 5.74) is 5.14. The highest BCUT2D eigenvalue weighted by molar-refractivity contribution is 7.92. The Kier molecular flexibility index (Phi) is 3.96. The largest absolute Gasteiger partial charge is 0.355 e. The summed E-state index contributed by atoms with van der Waals surface area (Å²) in [6.45, 7) is 3.75. The Morgan fingerprint density at radius 2 is 2.12 bits per heavy atom. The van der Waals surface area contributed by atoms with Gasteiger partial charge in [0.15, 0.2) is 9.84 Å². The Hall–Kier alpha value is -0.620. The highest BCUT2D eigenvalue weighted by atomic mass is 32.2. The molecule has 94 valence electrons. The molecule has 6 heteroatoms. The number of carbonyl (C=O) groups is 1. The minimum atomic E-state index is -2.97. The predicted molar refractivity (Wildman–Crippen MR) is 62.7 cm³/mol. The van der Waals surface area contributed by atoms with Crippen molar-refractivity contribution in [1.29, 1.82) is 0 Å². The molecule has 1 heterocycles. The van der Waals surface area contributed by atoms with Crippen LogP contribution in [0.2, 0.25) is 0 Å². The lowest BCUT2D eigenvalue weighted by Crippen LogP contribution is -2.41. The second-order valence-corrected chi connectivity index (χ2v) is 7.50. The van der Waals surface area contributed by atoms with E-state index < -0.39 is 20.6 Å². The maximum atomic E-state index is 11.5. The molecule has 0 radical (unpaired) electrons. The van der Waals surface area contributed by atoms with Gasteiger partial charge in [0.25, 0.3) is 0 Å². The van der Waals surface area contributed by atoms with Crippen molar-refractivity contribution in [1.82, 2.24) is 5.32 Å². The molecular weight excluding hydrogens is 228 g/mol. The van der Waals surface area contributed by atoms with Crippen molar-refractivity contribution in [2.24, 2.45) is 5.73 Å². The predicted octanol–water partition coefficient (Wildman–Crippen LogP) is -0.193. The van der Waals surface area contributed by atoms with Gasteiger partial charge < -0.3 is 11.1 Å². The zero-order chi connectivity index (χ0) is 12.4. The Morgan fingerprint density at radius 3 is 2.56 bits per heavy atom. The summed E-state index contributed by atoms with van der Waals surface area (Å²) in [7, 11) is -2.97. The molecule has 1 atom stereocenters. The van der Waals surface area contributed by atoms with Crippen molar-refractivity contribution >= 4 is 15.7 Å². The van der Waals surface area contributed by atoms with Crippen LogP contribution in [0.25, 0.3) is 0 Å². The Balaban J connectivity index is 2.38. The quantitative estimate of drug-likeness (QED) is 0.721. The van der Waals surface area contributed by atoms with E-state index in [9.17, 15) is 13.2 Å². The molecule has 0 aromatic heterocycles. The standard InChI is InChI=1S/C10H20N2O3S/c1-10(2,11)6-9(13)12-7-8-4-3-5-16(8,14)15/h8H,3-7,11H2,1-2H3,(H,12,13). The van der Waals surface area contributed by atoms with Crippen LogP contribution in [0.15, 0.2) is 0 Å². The second-order valence-electron chi connectivity index (χ2n) is 5.10. The molecule has 1 aliphatic heterocycles. The van der Waals surface area contributed by atoms with E-state index >= 15 is 0 Å². The average molecular weight is 248 g/mol. The van der Waals surface area contributed by atoms with Crippen molar-refractivity contribution in [3.05, 3.63) is 0 Å². The summed E-state index contributed by atoms with van der Waals surface area (Å²) in [5.74, 6) is 0.0604. The molecule has 1 fully saturated rings. The highest BCUT2D eigenvalue weighted by Crippen LogP contribution is 2.19. The SMILES string of the molecule is CC(C)(N)CC(=O)NCC1CCCS1(=O)=O. The number of nitrogens with two attached hydrogens (primary N) is 1. The number of hydrogen-bond donors (Lipinski definition) is 2. The van der Waals surface area contributed by atoms with Gasteiger partial charge in [-0.1, -0.05) is 0 Å². The number of sulfone groups is 1. The lowest BCUT2D eigenvalue weighted by Gasteiger charge is -2.18. The van der Waals surface area contributed by atoms with Gasteiger partial charge in [0.1, 0.15) is 0 Å². The number of nitrogens with one attached hydrogen (secondary N) is 1. The molecule has 1 amide bonds. The van der Waals surface area contributed by atoms with Gasteiger partial charge in [0.2, 0.25) is 5.91 Å². The average Bonchev–Trinajstić information content (AvgIpc) is 2.38. The van der Waals surface area contributed by atoms with Crippen LogP contribution in [0.1, 0.15) is 33.1 Å². The van der Waals surface area contributed by atoms with Gasteiger partial charge in [-0.15, -0.1) is 0 Å². The fourth-order valence-corrected chi connectivity index (χ4v) is 3.56. The molecule has 5 nitrogen and oxygen atoms in total. The van der Waals surface area contributed by atoms with Gasteiger partial charge in [-0.2, -0.15) is 0 Å². The molecule has 0 aliphatic carbocycles. The van der Waals surface area contributed by atoms with Crippen LogP contribution in [0, 0.1) is 0 Å². The van der Waals surface area contributed by atoms with Crippen molar-refractivity contribution in [2.45, 2.75) is 43.9 Å². The van der Waals surface area contributed by atoms with Gasteiger partial charge in [-0.3, -0.25) is 4.79 Å². The van der Waals surface area contributed by atoms with Crippen LogP contribution >= 0.6 is 0 Å². The first-order chi connectivity index (χ1) is 7.21. The highest BCUT2D eigenvalue weighted by Gasteiger charge is 2.31. The zero-order valence-electron chi connectivity index (χ0n) is 9.82. The molecule has 1 unspecified atom stereocenters. The summed E-state index contributed by atoms with van der Waals surface area (Å²) in [6, 6.07) is 0. The van der Waals surface area contributed by atoms with Crippen LogP contribution in [-0.4, -0.2) is 37.4 Å². The van der Waals surface area contributed by atoms with E-state index in [1.165, 1.54) is 0 Å². The minimum absolute atomic E-state index is 0.186. The Morgan fingerprint density at radius 1 is 1.50 bits per heavy atom. The van der Waals surface area contributed by atoms with Crippen LogP contribution in [0.5, 0.6) is 0 Å². The van der Waals surface area contributed by atoms with E-state index in [2.05, 4.69) is 5.32 Å². The van der Waals surface area contributed by atoms with E-state index in [0.717, 1.165) is 0 Å². The minimum Gasteiger partial charge on any atom is -0.355 e. The van der Waals surface area contributed by atoms with Gasteiger partial charge in [-0.25, -0.2) is 8.42 Å². The maximum Gasteiger partial charge on any atom is 0.221 e. The number of carbonyl (C=O) groups excluding carboxylic acids is 1. The molecular formula is C10H20N2O3S. The molecule has 0 spiro atoms. The van der Waals surface area contributed by atoms with E-state index in [1.807, 2.05) is 0 Å². The summed E-state index contributed by atoms with van der Waals surface area (Å²) in [4.78, 5) is 11.4. The van der Waals surface area contributed by atoms with Crippen molar-refractivity contribution in [2.75, 3.05) is 12.3 Å². The molecule has 1 saturated heterocycles. The fraction of sp³-hybridized carbons (Fsp3) is 0.900. The van der Waals surface area contributed by atoms with Crippen molar-refractivity contribution in [3.63, 3.8) is 0 Å². The summed E-state index contributed by atoms with van der Waals surface area (Å²) < 4.78 is 23.0. The molecule has 16 heavy (non-hydrogen) atoms. The van der Waals surface area contributed by atoms with Gasteiger partial charge in [0, 0.05) is 18.5 Å². The summed E-state index contributed by atoms with van der Waals surface area (Å²) >= 11 is 0. The first-order valence-electron chi connectivity index (χ1n) is 5.48. The molecule has 1 aliphatic rings. The first kappa shape index (κ1) is 13.4.